The summed E-state index contributed by atoms with van der Waals surface area (Å²) in [6, 6.07) is 4.35. The summed E-state index contributed by atoms with van der Waals surface area (Å²) in [6.07, 6.45) is -1.17. The van der Waals surface area contributed by atoms with Gasteiger partial charge in [0.25, 0.3) is 0 Å². The minimum absolute atomic E-state index is 0.163. The standard InChI is InChI=1S/C10H12O5/c1-14-6-3-4-7(8(11)5-6)9(15-2)10(12)13/h3-5,9,11H,1-2H3,(H,12,13)/t9-/m1/s1. The van der Waals surface area contributed by atoms with Crippen LogP contribution >= 0.6 is 0 Å². The van der Waals surface area contributed by atoms with E-state index in [1.165, 1.54) is 26.4 Å². The van der Waals surface area contributed by atoms with Crippen molar-refractivity contribution in [2.75, 3.05) is 14.2 Å². The molecule has 0 saturated heterocycles. The van der Waals surface area contributed by atoms with Crippen LogP contribution in [0.4, 0.5) is 0 Å². The molecule has 2 N–H and O–H groups in total. The summed E-state index contributed by atoms with van der Waals surface area (Å²) >= 11 is 0. The summed E-state index contributed by atoms with van der Waals surface area (Å²) in [5.41, 5.74) is 0.200. The maximum Gasteiger partial charge on any atom is 0.337 e. The average molecular weight is 212 g/mol. The number of hydrogen-bond donors (Lipinski definition) is 2. The van der Waals surface area contributed by atoms with Gasteiger partial charge in [0.15, 0.2) is 6.10 Å². The zero-order chi connectivity index (χ0) is 11.4. The molecule has 0 spiro atoms. The molecule has 5 nitrogen and oxygen atoms in total. The van der Waals surface area contributed by atoms with Crippen LogP contribution in [0.2, 0.25) is 0 Å². The molecule has 0 bridgehead atoms. The molecule has 1 aromatic rings. The number of aliphatic carboxylic acids is 1. The molecule has 0 saturated carbocycles. The van der Waals surface area contributed by atoms with Crippen molar-refractivity contribution in [2.45, 2.75) is 6.10 Å². The Bertz CT molecular complexity index is 361. The zero-order valence-electron chi connectivity index (χ0n) is 8.43. The monoisotopic (exact) mass is 212 g/mol. The van der Waals surface area contributed by atoms with Gasteiger partial charge in [-0.2, -0.15) is 0 Å². The van der Waals surface area contributed by atoms with E-state index < -0.39 is 12.1 Å². The number of hydrogen-bond acceptors (Lipinski definition) is 4. The molecule has 15 heavy (non-hydrogen) atoms. The van der Waals surface area contributed by atoms with E-state index in [1.807, 2.05) is 0 Å². The largest absolute Gasteiger partial charge is 0.507 e. The third-order valence-electron chi connectivity index (χ3n) is 1.98. The topological polar surface area (TPSA) is 76.0 Å². The van der Waals surface area contributed by atoms with Gasteiger partial charge in [-0.15, -0.1) is 0 Å². The molecule has 0 aliphatic heterocycles. The number of rotatable bonds is 4. The van der Waals surface area contributed by atoms with Gasteiger partial charge in [-0.25, -0.2) is 4.79 Å². The Balaban J connectivity index is 3.08. The Morgan fingerprint density at radius 1 is 1.40 bits per heavy atom. The van der Waals surface area contributed by atoms with Crippen molar-refractivity contribution in [1.82, 2.24) is 0 Å². The second kappa shape index (κ2) is 4.65. The first-order chi connectivity index (χ1) is 7.10. The van der Waals surface area contributed by atoms with Crippen molar-refractivity contribution in [3.8, 4) is 11.5 Å². The Hall–Kier alpha value is -1.75. The lowest BCUT2D eigenvalue weighted by Gasteiger charge is -2.12. The molecule has 0 aliphatic rings. The lowest BCUT2D eigenvalue weighted by molar-refractivity contribution is -0.149. The van der Waals surface area contributed by atoms with Gasteiger partial charge in [0.05, 0.1) is 7.11 Å². The number of aromatic hydroxyl groups is 1. The van der Waals surface area contributed by atoms with Gasteiger partial charge in [-0.1, -0.05) is 0 Å². The summed E-state index contributed by atoms with van der Waals surface area (Å²) in [5.74, 6) is -0.863. The van der Waals surface area contributed by atoms with Gasteiger partial charge >= 0.3 is 5.97 Å². The molecule has 0 aliphatic carbocycles. The van der Waals surface area contributed by atoms with Crippen LogP contribution in [0.1, 0.15) is 11.7 Å². The van der Waals surface area contributed by atoms with Crippen LogP contribution in [0.25, 0.3) is 0 Å². The number of methoxy groups -OCH3 is 2. The second-order valence-electron chi connectivity index (χ2n) is 2.88. The number of carbonyl (C=O) groups is 1. The highest BCUT2D eigenvalue weighted by Crippen LogP contribution is 2.30. The Kier molecular flexibility index (Phi) is 3.51. The van der Waals surface area contributed by atoms with Crippen LogP contribution in [0.15, 0.2) is 18.2 Å². The third kappa shape index (κ3) is 2.38. The highest BCUT2D eigenvalue weighted by molar-refractivity contribution is 5.75. The summed E-state index contributed by atoms with van der Waals surface area (Å²) in [4.78, 5) is 10.8. The van der Waals surface area contributed by atoms with Crippen molar-refractivity contribution < 1.29 is 24.5 Å². The minimum Gasteiger partial charge on any atom is -0.507 e. The van der Waals surface area contributed by atoms with E-state index in [-0.39, 0.29) is 11.3 Å². The first-order valence-electron chi connectivity index (χ1n) is 4.22. The molecule has 0 aromatic heterocycles. The number of benzene rings is 1. The van der Waals surface area contributed by atoms with E-state index in [0.29, 0.717) is 5.75 Å². The molecule has 0 radical (unpaired) electrons. The highest BCUT2D eigenvalue weighted by Gasteiger charge is 2.22. The number of phenolic OH excluding ortho intramolecular Hbond substituents is 1. The van der Waals surface area contributed by atoms with Crippen molar-refractivity contribution in [3.05, 3.63) is 23.8 Å². The lowest BCUT2D eigenvalue weighted by atomic mass is 10.1. The van der Waals surface area contributed by atoms with E-state index in [2.05, 4.69) is 0 Å². The lowest BCUT2D eigenvalue weighted by Crippen LogP contribution is -2.13. The fraction of sp³-hybridized carbons (Fsp3) is 0.300. The third-order valence-corrected chi connectivity index (χ3v) is 1.98. The van der Waals surface area contributed by atoms with Crippen LogP contribution in [0, 0.1) is 0 Å². The summed E-state index contributed by atoms with van der Waals surface area (Å²) < 4.78 is 9.63. The zero-order valence-corrected chi connectivity index (χ0v) is 8.43. The molecule has 5 heteroatoms. The summed E-state index contributed by atoms with van der Waals surface area (Å²) in [5, 5.41) is 18.4. The van der Waals surface area contributed by atoms with Gasteiger partial charge in [-0.05, 0) is 12.1 Å². The van der Waals surface area contributed by atoms with E-state index in [4.69, 9.17) is 14.6 Å². The Morgan fingerprint density at radius 2 is 2.07 bits per heavy atom. The molecule has 0 unspecified atom stereocenters. The van der Waals surface area contributed by atoms with Crippen LogP contribution in [0.5, 0.6) is 11.5 Å². The average Bonchev–Trinajstić information content (AvgIpc) is 2.20. The Morgan fingerprint density at radius 3 is 2.47 bits per heavy atom. The Labute approximate surface area is 86.9 Å². The van der Waals surface area contributed by atoms with Crippen LogP contribution < -0.4 is 4.74 Å². The molecule has 0 heterocycles. The van der Waals surface area contributed by atoms with Crippen LogP contribution in [0.3, 0.4) is 0 Å². The van der Waals surface area contributed by atoms with E-state index >= 15 is 0 Å². The summed E-state index contributed by atoms with van der Waals surface area (Å²) in [7, 11) is 2.72. The molecular weight excluding hydrogens is 200 g/mol. The van der Waals surface area contributed by atoms with Crippen molar-refractivity contribution in [2.24, 2.45) is 0 Å². The van der Waals surface area contributed by atoms with Gasteiger partial charge in [0, 0.05) is 18.7 Å². The van der Waals surface area contributed by atoms with E-state index in [1.54, 1.807) is 6.07 Å². The predicted octanol–water partition coefficient (Wildman–Crippen LogP) is 1.17. The van der Waals surface area contributed by atoms with Crippen molar-refractivity contribution in [1.29, 1.82) is 0 Å². The highest BCUT2D eigenvalue weighted by atomic mass is 16.5. The number of carboxylic acids is 1. The van der Waals surface area contributed by atoms with Crippen molar-refractivity contribution >= 4 is 5.97 Å². The fourth-order valence-corrected chi connectivity index (χ4v) is 1.23. The molecule has 82 valence electrons. The van der Waals surface area contributed by atoms with Crippen LogP contribution in [-0.4, -0.2) is 30.4 Å². The van der Waals surface area contributed by atoms with E-state index in [9.17, 15) is 9.90 Å². The van der Waals surface area contributed by atoms with Crippen molar-refractivity contribution in [3.63, 3.8) is 0 Å². The van der Waals surface area contributed by atoms with E-state index in [0.717, 1.165) is 0 Å². The van der Waals surface area contributed by atoms with Gasteiger partial charge < -0.3 is 19.7 Å². The second-order valence-corrected chi connectivity index (χ2v) is 2.88. The van der Waals surface area contributed by atoms with Gasteiger partial charge in [0.2, 0.25) is 0 Å². The molecule has 1 aromatic carbocycles. The maximum absolute atomic E-state index is 10.8. The maximum atomic E-state index is 10.8. The molecule has 1 atom stereocenters. The van der Waals surface area contributed by atoms with Gasteiger partial charge in [0.1, 0.15) is 11.5 Å². The number of ether oxygens (including phenoxy) is 2. The first kappa shape index (κ1) is 11.3. The summed E-state index contributed by atoms with van der Waals surface area (Å²) in [6.45, 7) is 0. The SMILES string of the molecule is COc1ccc([C@@H](OC)C(=O)O)c(O)c1. The first-order valence-corrected chi connectivity index (χ1v) is 4.22. The normalized spacial score (nSPS) is 12.1. The van der Waals surface area contributed by atoms with Gasteiger partial charge in [-0.3, -0.25) is 0 Å². The molecule has 0 amide bonds. The minimum atomic E-state index is -1.17. The molecule has 1 rings (SSSR count). The number of phenols is 1. The molecule has 0 fully saturated rings. The smallest absolute Gasteiger partial charge is 0.337 e. The predicted molar refractivity (Wildman–Crippen MR) is 52.0 cm³/mol. The fourth-order valence-electron chi connectivity index (χ4n) is 1.23. The number of carboxylic acid groups (broad SMARTS) is 1. The van der Waals surface area contributed by atoms with Crippen LogP contribution in [-0.2, 0) is 9.53 Å². The quantitative estimate of drug-likeness (QED) is 0.783. The molecular formula is C10H12O5.